The molecular weight excluding hydrogens is 145 g/mol. The molecule has 4 heteroatoms. The van der Waals surface area contributed by atoms with Gasteiger partial charge < -0.3 is 5.73 Å². The van der Waals surface area contributed by atoms with Crippen LogP contribution in [0.5, 0.6) is 0 Å². The molecule has 3 nitrogen and oxygen atoms in total. The van der Waals surface area contributed by atoms with Gasteiger partial charge >= 0.3 is 0 Å². The fourth-order valence-electron chi connectivity index (χ4n) is 0.880. The summed E-state index contributed by atoms with van der Waals surface area (Å²) >= 11 is 0. The maximum absolute atomic E-state index is 13.1. The molecule has 0 spiro atoms. The minimum absolute atomic E-state index is 0.0512. The van der Waals surface area contributed by atoms with E-state index in [1.807, 2.05) is 13.8 Å². The molecule has 0 amide bonds. The van der Waals surface area contributed by atoms with Gasteiger partial charge in [-0.3, -0.25) is 0 Å². The molecule has 0 bridgehead atoms. The smallest absolute Gasteiger partial charge is 0.216 e. The van der Waals surface area contributed by atoms with Crippen molar-refractivity contribution in [2.75, 3.05) is 0 Å². The van der Waals surface area contributed by atoms with Crippen LogP contribution in [0.2, 0.25) is 0 Å². The molecule has 0 atom stereocenters. The predicted octanol–water partition coefficient (Wildman–Crippen LogP) is 1.06. The molecule has 0 aliphatic heterocycles. The largest absolute Gasteiger partial charge is 0.326 e. The van der Waals surface area contributed by atoms with E-state index in [2.05, 4.69) is 5.10 Å². The maximum Gasteiger partial charge on any atom is 0.216 e. The highest BCUT2D eigenvalue weighted by Crippen LogP contribution is 2.10. The van der Waals surface area contributed by atoms with Gasteiger partial charge in [0.25, 0.3) is 0 Å². The number of nitrogens with zero attached hydrogens (tertiary/aromatic N) is 2. The minimum atomic E-state index is -0.317. The molecule has 0 unspecified atom stereocenters. The summed E-state index contributed by atoms with van der Waals surface area (Å²) in [4.78, 5) is 0. The van der Waals surface area contributed by atoms with Crippen LogP contribution in [-0.4, -0.2) is 9.78 Å². The summed E-state index contributed by atoms with van der Waals surface area (Å²) in [6.45, 7) is 3.95. The summed E-state index contributed by atoms with van der Waals surface area (Å²) in [5, 5.41) is 3.85. The van der Waals surface area contributed by atoms with Crippen molar-refractivity contribution in [1.29, 1.82) is 0 Å². The first-order chi connectivity index (χ1) is 5.16. The summed E-state index contributed by atoms with van der Waals surface area (Å²) in [6, 6.07) is 0.0512. The van der Waals surface area contributed by atoms with E-state index in [4.69, 9.17) is 5.73 Å². The van der Waals surface area contributed by atoms with Crippen molar-refractivity contribution in [2.24, 2.45) is 5.73 Å². The highest BCUT2D eigenvalue weighted by molar-refractivity contribution is 5.06. The Morgan fingerprint density at radius 3 is 2.64 bits per heavy atom. The van der Waals surface area contributed by atoms with Crippen LogP contribution in [0, 0.1) is 5.95 Å². The molecule has 0 aliphatic rings. The van der Waals surface area contributed by atoms with Gasteiger partial charge in [0, 0.05) is 18.2 Å². The van der Waals surface area contributed by atoms with E-state index in [-0.39, 0.29) is 18.5 Å². The average Bonchev–Trinajstić information content (AvgIpc) is 2.30. The second-order valence-electron chi connectivity index (χ2n) is 2.70. The lowest BCUT2D eigenvalue weighted by Gasteiger charge is -2.04. The Hall–Kier alpha value is -0.900. The Labute approximate surface area is 65.0 Å². The Bertz CT molecular complexity index is 242. The fourth-order valence-corrected chi connectivity index (χ4v) is 0.880. The van der Waals surface area contributed by atoms with E-state index in [9.17, 15) is 4.39 Å². The van der Waals surface area contributed by atoms with Crippen LogP contribution >= 0.6 is 0 Å². The Kier molecular flexibility index (Phi) is 2.24. The van der Waals surface area contributed by atoms with Crippen LogP contribution in [0.4, 0.5) is 4.39 Å². The van der Waals surface area contributed by atoms with Crippen molar-refractivity contribution in [3.63, 3.8) is 0 Å². The third-order valence-electron chi connectivity index (χ3n) is 1.51. The van der Waals surface area contributed by atoms with Crippen molar-refractivity contribution in [3.05, 3.63) is 17.7 Å². The van der Waals surface area contributed by atoms with Crippen LogP contribution in [-0.2, 0) is 6.54 Å². The highest BCUT2D eigenvalue weighted by Gasteiger charge is 2.10. The number of hydrogen-bond donors (Lipinski definition) is 1. The third kappa shape index (κ3) is 1.40. The maximum atomic E-state index is 13.1. The van der Waals surface area contributed by atoms with Crippen molar-refractivity contribution in [3.8, 4) is 0 Å². The lowest BCUT2D eigenvalue weighted by atomic mass is 10.3. The van der Waals surface area contributed by atoms with Gasteiger partial charge in [-0.15, -0.1) is 0 Å². The third-order valence-corrected chi connectivity index (χ3v) is 1.51. The van der Waals surface area contributed by atoms with Crippen LogP contribution in [0.1, 0.15) is 25.5 Å². The standard InChI is InChI=1S/C7H12FN3/c1-5(2)11-7(8)6(3-9)4-10-11/h4-5H,3,9H2,1-2H3. The molecule has 1 heterocycles. The zero-order valence-corrected chi connectivity index (χ0v) is 6.71. The fraction of sp³-hybridized carbons (Fsp3) is 0.571. The van der Waals surface area contributed by atoms with Gasteiger partial charge in [-0.2, -0.15) is 9.49 Å². The summed E-state index contributed by atoms with van der Waals surface area (Å²) in [5.41, 5.74) is 5.74. The number of nitrogens with two attached hydrogens (primary N) is 1. The second-order valence-corrected chi connectivity index (χ2v) is 2.70. The number of rotatable bonds is 2. The second kappa shape index (κ2) is 3.00. The predicted molar refractivity (Wildman–Crippen MR) is 40.5 cm³/mol. The molecule has 0 saturated heterocycles. The highest BCUT2D eigenvalue weighted by atomic mass is 19.1. The Morgan fingerprint density at radius 1 is 1.73 bits per heavy atom. The lowest BCUT2D eigenvalue weighted by Crippen LogP contribution is -2.07. The number of halogens is 1. The van der Waals surface area contributed by atoms with E-state index in [1.165, 1.54) is 10.9 Å². The van der Waals surface area contributed by atoms with Crippen LogP contribution in [0.25, 0.3) is 0 Å². The molecule has 0 aromatic carbocycles. The van der Waals surface area contributed by atoms with Gasteiger partial charge in [0.2, 0.25) is 5.95 Å². The molecular formula is C7H12FN3. The Morgan fingerprint density at radius 2 is 2.36 bits per heavy atom. The number of aromatic nitrogens is 2. The van der Waals surface area contributed by atoms with Crippen molar-refractivity contribution in [2.45, 2.75) is 26.4 Å². The molecule has 62 valence electrons. The lowest BCUT2D eigenvalue weighted by molar-refractivity contribution is 0.411. The van der Waals surface area contributed by atoms with Gasteiger partial charge in [-0.1, -0.05) is 0 Å². The van der Waals surface area contributed by atoms with Gasteiger partial charge in [0.05, 0.1) is 6.20 Å². The van der Waals surface area contributed by atoms with Crippen LogP contribution in [0.15, 0.2) is 6.20 Å². The van der Waals surface area contributed by atoms with E-state index in [1.54, 1.807) is 0 Å². The van der Waals surface area contributed by atoms with E-state index < -0.39 is 0 Å². The van der Waals surface area contributed by atoms with Crippen molar-refractivity contribution >= 4 is 0 Å². The zero-order chi connectivity index (χ0) is 8.43. The summed E-state index contributed by atoms with van der Waals surface area (Å²) in [5.74, 6) is -0.317. The van der Waals surface area contributed by atoms with E-state index in [0.29, 0.717) is 5.56 Å². The first-order valence-electron chi connectivity index (χ1n) is 3.58. The topological polar surface area (TPSA) is 43.8 Å². The summed E-state index contributed by atoms with van der Waals surface area (Å²) < 4.78 is 14.4. The molecule has 0 fully saturated rings. The monoisotopic (exact) mass is 157 g/mol. The first kappa shape index (κ1) is 8.20. The number of hydrogen-bond acceptors (Lipinski definition) is 2. The molecule has 1 aromatic rings. The van der Waals surface area contributed by atoms with Crippen molar-refractivity contribution < 1.29 is 4.39 Å². The van der Waals surface area contributed by atoms with Gasteiger partial charge in [0.15, 0.2) is 0 Å². The minimum Gasteiger partial charge on any atom is -0.326 e. The summed E-state index contributed by atoms with van der Waals surface area (Å²) in [7, 11) is 0. The first-order valence-corrected chi connectivity index (χ1v) is 3.58. The van der Waals surface area contributed by atoms with E-state index in [0.717, 1.165) is 0 Å². The summed E-state index contributed by atoms with van der Waals surface area (Å²) in [6.07, 6.45) is 1.47. The zero-order valence-electron chi connectivity index (χ0n) is 6.71. The van der Waals surface area contributed by atoms with Gasteiger partial charge in [-0.05, 0) is 13.8 Å². The molecule has 0 aliphatic carbocycles. The molecule has 0 saturated carbocycles. The van der Waals surface area contributed by atoms with Crippen molar-refractivity contribution in [1.82, 2.24) is 9.78 Å². The molecule has 1 rings (SSSR count). The average molecular weight is 157 g/mol. The van der Waals surface area contributed by atoms with Crippen LogP contribution < -0.4 is 5.73 Å². The quantitative estimate of drug-likeness (QED) is 0.697. The van der Waals surface area contributed by atoms with Gasteiger partial charge in [0.1, 0.15) is 0 Å². The van der Waals surface area contributed by atoms with Gasteiger partial charge in [-0.25, -0.2) is 4.68 Å². The van der Waals surface area contributed by atoms with Crippen LogP contribution in [0.3, 0.4) is 0 Å². The molecule has 0 radical (unpaired) electrons. The molecule has 2 N–H and O–H groups in total. The SMILES string of the molecule is CC(C)n1ncc(CN)c1F. The normalized spacial score (nSPS) is 11.0. The molecule has 1 aromatic heterocycles. The molecule has 11 heavy (non-hydrogen) atoms. The Balaban J connectivity index is 3.00. The van der Waals surface area contributed by atoms with E-state index >= 15 is 0 Å².